The molecule has 0 heterocycles. The Morgan fingerprint density at radius 2 is 1.11 bits per heavy atom. The molecule has 18 heavy (non-hydrogen) atoms. The van der Waals surface area contributed by atoms with Gasteiger partial charge in [0.1, 0.15) is 0 Å². The molecule has 0 atom stereocenters. The molecule has 0 unspecified atom stereocenters. The Morgan fingerprint density at radius 3 is 1.67 bits per heavy atom. The van der Waals surface area contributed by atoms with Crippen LogP contribution in [-0.4, -0.2) is 0 Å². The summed E-state index contributed by atoms with van der Waals surface area (Å²) in [5.41, 5.74) is 0. The fourth-order valence-electron chi connectivity index (χ4n) is 2.01. The fraction of sp³-hybridized carbons (Fsp3) is 0.778. The van der Waals surface area contributed by atoms with Crippen LogP contribution >= 0.6 is 0 Å². The summed E-state index contributed by atoms with van der Waals surface area (Å²) in [6.45, 7) is 2.27. The first kappa shape index (κ1) is 17.1. The summed E-state index contributed by atoms with van der Waals surface area (Å²) in [5, 5.41) is 0. The second-order valence-corrected chi connectivity index (χ2v) is 4.99. The minimum Gasteiger partial charge on any atom is -0.120 e. The molecule has 0 rings (SSSR count). The van der Waals surface area contributed by atoms with Gasteiger partial charge in [-0.2, -0.15) is 0 Å². The highest BCUT2D eigenvalue weighted by molar-refractivity contribution is 5.01. The monoisotopic (exact) mass is 246 g/mol. The molecule has 0 bridgehead atoms. The van der Waals surface area contributed by atoms with Crippen LogP contribution in [0, 0.1) is 24.2 Å². The molecule has 0 nitrogen and oxygen atoms in total. The van der Waals surface area contributed by atoms with E-state index in [-0.39, 0.29) is 0 Å². The molecule has 0 amide bonds. The molecule has 0 aliphatic carbocycles. The average molecular weight is 246 g/mol. The van der Waals surface area contributed by atoms with E-state index in [1.807, 2.05) is 0 Å². The summed E-state index contributed by atoms with van der Waals surface area (Å²) in [7, 11) is 0. The Bertz CT molecular complexity index is 245. The van der Waals surface area contributed by atoms with Crippen LogP contribution in [0.3, 0.4) is 0 Å². The number of hydrogen-bond acceptors (Lipinski definition) is 0. The van der Waals surface area contributed by atoms with E-state index in [0.29, 0.717) is 0 Å². The van der Waals surface area contributed by atoms with Crippen LogP contribution in [0.5, 0.6) is 0 Å². The molecule has 0 N–H and O–H groups in total. The summed E-state index contributed by atoms with van der Waals surface area (Å²) in [6, 6.07) is 0. The van der Waals surface area contributed by atoms with Crippen LogP contribution in [0.25, 0.3) is 0 Å². The summed E-state index contributed by atoms with van der Waals surface area (Å²) in [5.74, 6) is 8.93. The van der Waals surface area contributed by atoms with Gasteiger partial charge in [-0.25, -0.2) is 0 Å². The highest BCUT2D eigenvalue weighted by Crippen LogP contribution is 2.10. The summed E-state index contributed by atoms with van der Waals surface area (Å²) >= 11 is 0. The summed E-state index contributed by atoms with van der Waals surface area (Å²) < 4.78 is 0. The smallest absolute Gasteiger partial charge is 0.0198 e. The largest absolute Gasteiger partial charge is 0.120 e. The Balaban J connectivity index is 3.02. The fourth-order valence-corrected chi connectivity index (χ4v) is 2.01. The Hall–Kier alpha value is -0.880. The van der Waals surface area contributed by atoms with Crippen molar-refractivity contribution in [1.82, 2.24) is 0 Å². The third kappa shape index (κ3) is 15.1. The second kappa shape index (κ2) is 16.1. The molecule has 0 fully saturated rings. The summed E-state index contributed by atoms with van der Waals surface area (Å²) in [4.78, 5) is 0. The lowest BCUT2D eigenvalue weighted by Crippen LogP contribution is -1.81. The minimum atomic E-state index is 0.797. The molecule has 0 aliphatic heterocycles. The molecule has 0 saturated heterocycles. The van der Waals surface area contributed by atoms with E-state index >= 15 is 0 Å². The van der Waals surface area contributed by atoms with Crippen molar-refractivity contribution >= 4 is 0 Å². The van der Waals surface area contributed by atoms with Gasteiger partial charge in [0.15, 0.2) is 0 Å². The van der Waals surface area contributed by atoms with E-state index in [9.17, 15) is 0 Å². The van der Waals surface area contributed by atoms with E-state index in [0.717, 1.165) is 19.3 Å². The van der Waals surface area contributed by atoms with E-state index in [1.165, 1.54) is 64.2 Å². The first-order valence-electron chi connectivity index (χ1n) is 7.81. The Morgan fingerprint density at radius 1 is 0.611 bits per heavy atom. The zero-order valence-electron chi connectivity index (χ0n) is 12.3. The molecule has 0 saturated carbocycles. The molecule has 0 aromatic heterocycles. The summed E-state index contributed by atoms with van der Waals surface area (Å²) in [6.07, 6.45) is 21.8. The molecule has 0 aromatic rings. The van der Waals surface area contributed by atoms with Gasteiger partial charge in [0.25, 0.3) is 0 Å². The van der Waals surface area contributed by atoms with Gasteiger partial charge in [0, 0.05) is 19.3 Å². The highest BCUT2D eigenvalue weighted by atomic mass is 14.0. The minimum absolute atomic E-state index is 0.797. The van der Waals surface area contributed by atoms with E-state index < -0.39 is 0 Å². The van der Waals surface area contributed by atoms with Gasteiger partial charge in [-0.15, -0.1) is 24.2 Å². The second-order valence-electron chi connectivity index (χ2n) is 4.99. The van der Waals surface area contributed by atoms with E-state index in [1.54, 1.807) is 0 Å². The van der Waals surface area contributed by atoms with Gasteiger partial charge in [-0.3, -0.25) is 0 Å². The SMILES string of the molecule is C#CCCC#CCCCCCCCCCCCC. The van der Waals surface area contributed by atoms with E-state index in [4.69, 9.17) is 6.42 Å². The number of hydrogen-bond donors (Lipinski definition) is 0. The zero-order valence-corrected chi connectivity index (χ0v) is 12.3. The van der Waals surface area contributed by atoms with Crippen molar-refractivity contribution in [3.05, 3.63) is 0 Å². The van der Waals surface area contributed by atoms with Crippen molar-refractivity contribution in [2.75, 3.05) is 0 Å². The van der Waals surface area contributed by atoms with E-state index in [2.05, 4.69) is 24.7 Å². The molecule has 0 aromatic carbocycles. The maximum atomic E-state index is 5.16. The Labute approximate surface area is 115 Å². The first-order chi connectivity index (χ1) is 8.91. The normalized spacial score (nSPS) is 9.56. The van der Waals surface area contributed by atoms with Crippen LogP contribution in [0.1, 0.15) is 90.4 Å². The van der Waals surface area contributed by atoms with Gasteiger partial charge >= 0.3 is 0 Å². The van der Waals surface area contributed by atoms with Crippen LogP contribution in [-0.2, 0) is 0 Å². The topological polar surface area (TPSA) is 0 Å². The van der Waals surface area contributed by atoms with Crippen molar-refractivity contribution in [3.8, 4) is 24.2 Å². The molecular weight excluding hydrogens is 216 g/mol. The Kier molecular flexibility index (Phi) is 15.3. The van der Waals surface area contributed by atoms with Gasteiger partial charge in [0.05, 0.1) is 0 Å². The van der Waals surface area contributed by atoms with Crippen molar-refractivity contribution in [2.24, 2.45) is 0 Å². The number of unbranched alkanes of at least 4 members (excludes halogenated alkanes) is 11. The first-order valence-corrected chi connectivity index (χ1v) is 7.81. The van der Waals surface area contributed by atoms with Gasteiger partial charge in [0.2, 0.25) is 0 Å². The lowest BCUT2D eigenvalue weighted by molar-refractivity contribution is 0.558. The maximum Gasteiger partial charge on any atom is 0.0198 e. The number of terminal acetylenes is 1. The molecule has 0 aliphatic rings. The predicted molar refractivity (Wildman–Crippen MR) is 82.3 cm³/mol. The van der Waals surface area contributed by atoms with Crippen LogP contribution < -0.4 is 0 Å². The van der Waals surface area contributed by atoms with Crippen molar-refractivity contribution in [1.29, 1.82) is 0 Å². The molecule has 0 heteroatoms. The molecule has 0 spiro atoms. The molecular formula is C18H30. The lowest BCUT2D eigenvalue weighted by Gasteiger charge is -2.00. The van der Waals surface area contributed by atoms with Crippen molar-refractivity contribution in [2.45, 2.75) is 90.4 Å². The zero-order chi connectivity index (χ0) is 13.3. The molecule has 0 radical (unpaired) electrons. The van der Waals surface area contributed by atoms with Gasteiger partial charge in [-0.1, -0.05) is 64.7 Å². The van der Waals surface area contributed by atoms with Crippen molar-refractivity contribution < 1.29 is 0 Å². The average Bonchev–Trinajstić information content (AvgIpc) is 2.39. The van der Waals surface area contributed by atoms with Gasteiger partial charge < -0.3 is 0 Å². The third-order valence-corrected chi connectivity index (χ3v) is 3.17. The van der Waals surface area contributed by atoms with Crippen LogP contribution in [0.15, 0.2) is 0 Å². The maximum absolute atomic E-state index is 5.16. The van der Waals surface area contributed by atoms with Gasteiger partial charge in [-0.05, 0) is 6.42 Å². The van der Waals surface area contributed by atoms with Crippen LogP contribution in [0.2, 0.25) is 0 Å². The number of rotatable bonds is 11. The van der Waals surface area contributed by atoms with Crippen molar-refractivity contribution in [3.63, 3.8) is 0 Å². The predicted octanol–water partition coefficient (Wildman–Crippen LogP) is 5.71. The molecule has 102 valence electrons. The highest BCUT2D eigenvalue weighted by Gasteiger charge is 1.91. The standard InChI is InChI=1S/C18H30/c1-3-5-7-9-11-13-15-17-18-16-14-12-10-8-6-4-2/h1H,4-8,10,12-18H2,2H3. The third-order valence-electron chi connectivity index (χ3n) is 3.17. The quantitative estimate of drug-likeness (QED) is 0.323. The lowest BCUT2D eigenvalue weighted by atomic mass is 10.1. The van der Waals surface area contributed by atoms with Crippen LogP contribution in [0.4, 0.5) is 0 Å².